The van der Waals surface area contributed by atoms with Crippen LogP contribution < -0.4 is 15.8 Å². The maximum Gasteiger partial charge on any atom is 0.421 e. The van der Waals surface area contributed by atoms with Crippen LogP contribution in [0.15, 0.2) is 48.7 Å². The van der Waals surface area contributed by atoms with Gasteiger partial charge in [0.25, 0.3) is 0 Å². The van der Waals surface area contributed by atoms with Crippen molar-refractivity contribution < 1.29 is 27.5 Å². The number of amides is 1. The van der Waals surface area contributed by atoms with Gasteiger partial charge in [-0.2, -0.15) is 13.2 Å². The number of carbonyl (C=O) groups excluding carboxylic acids is 2. The lowest BCUT2D eigenvalue weighted by Crippen LogP contribution is -2.32. The minimum atomic E-state index is -4.62. The molecule has 32 heavy (non-hydrogen) atoms. The summed E-state index contributed by atoms with van der Waals surface area (Å²) in [6.45, 7) is 2.87. The average Bonchev–Trinajstić information content (AvgIpc) is 2.73. The van der Waals surface area contributed by atoms with Gasteiger partial charge in [-0.1, -0.05) is 0 Å². The van der Waals surface area contributed by atoms with Gasteiger partial charge in [0.15, 0.2) is 11.6 Å². The summed E-state index contributed by atoms with van der Waals surface area (Å²) in [5, 5.41) is 2.79. The number of carbonyl (C=O) groups is 2. The Morgan fingerprint density at radius 3 is 2.41 bits per heavy atom. The van der Waals surface area contributed by atoms with Crippen LogP contribution in [0.1, 0.15) is 29.9 Å². The third-order valence-corrected chi connectivity index (χ3v) is 4.28. The van der Waals surface area contributed by atoms with Crippen molar-refractivity contribution in [1.82, 2.24) is 15.0 Å². The SMILES string of the molecule is CC(=O)c1cc(N[C@@H](C)C(N)=O)nc(-c2ccc(Oc3ncccc3C(F)(F)F)cc2)n1. The molecule has 0 aliphatic carbocycles. The van der Waals surface area contributed by atoms with E-state index < -0.39 is 29.6 Å². The topological polar surface area (TPSA) is 120 Å². The summed E-state index contributed by atoms with van der Waals surface area (Å²) in [4.78, 5) is 35.3. The quantitative estimate of drug-likeness (QED) is 0.530. The van der Waals surface area contributed by atoms with Gasteiger partial charge in [-0.3, -0.25) is 9.59 Å². The highest BCUT2D eigenvalue weighted by molar-refractivity contribution is 5.93. The zero-order valence-electron chi connectivity index (χ0n) is 17.0. The van der Waals surface area contributed by atoms with Crippen molar-refractivity contribution in [1.29, 1.82) is 0 Å². The van der Waals surface area contributed by atoms with Crippen LogP contribution in [0.25, 0.3) is 11.4 Å². The molecule has 0 unspecified atom stereocenters. The number of pyridine rings is 1. The van der Waals surface area contributed by atoms with Crippen LogP contribution in [0, 0.1) is 0 Å². The number of primary amides is 1. The number of nitrogens with zero attached hydrogens (tertiary/aromatic N) is 3. The van der Waals surface area contributed by atoms with Gasteiger partial charge >= 0.3 is 6.18 Å². The second kappa shape index (κ2) is 9.00. The maximum absolute atomic E-state index is 13.1. The van der Waals surface area contributed by atoms with E-state index in [-0.39, 0.29) is 28.9 Å². The zero-order chi connectivity index (χ0) is 23.5. The number of aromatic nitrogens is 3. The number of alkyl halides is 3. The molecule has 8 nitrogen and oxygen atoms in total. The standard InChI is InChI=1S/C21H18F3N5O3/c1-11(18(25)31)27-17-10-16(12(2)30)28-19(29-17)13-5-7-14(8-6-13)32-20-15(21(22,23)24)4-3-9-26-20/h3-11H,1-2H3,(H2,25,31)(H,27,28,29)/t11-/m0/s1. The first kappa shape index (κ1) is 22.7. The molecule has 166 valence electrons. The fourth-order valence-corrected chi connectivity index (χ4v) is 2.60. The first-order chi connectivity index (χ1) is 15.0. The van der Waals surface area contributed by atoms with Crippen molar-refractivity contribution in [3.63, 3.8) is 0 Å². The second-order valence-electron chi connectivity index (χ2n) is 6.77. The minimum Gasteiger partial charge on any atom is -0.438 e. The highest BCUT2D eigenvalue weighted by Gasteiger charge is 2.35. The van der Waals surface area contributed by atoms with Crippen LogP contribution in [0.4, 0.5) is 19.0 Å². The van der Waals surface area contributed by atoms with E-state index in [0.717, 1.165) is 6.07 Å². The minimum absolute atomic E-state index is 0.109. The molecule has 3 aromatic rings. The van der Waals surface area contributed by atoms with E-state index in [4.69, 9.17) is 10.5 Å². The highest BCUT2D eigenvalue weighted by atomic mass is 19.4. The number of nitrogens with one attached hydrogen (secondary N) is 1. The van der Waals surface area contributed by atoms with Crippen molar-refractivity contribution in [2.24, 2.45) is 5.73 Å². The molecule has 1 amide bonds. The number of nitrogens with two attached hydrogens (primary N) is 1. The maximum atomic E-state index is 13.1. The first-order valence-corrected chi connectivity index (χ1v) is 9.31. The summed E-state index contributed by atoms with van der Waals surface area (Å²) in [7, 11) is 0. The first-order valence-electron chi connectivity index (χ1n) is 9.31. The molecule has 3 N–H and O–H groups in total. The molecule has 2 heterocycles. The summed E-state index contributed by atoms with van der Waals surface area (Å²) in [5.74, 6) is -1.01. The van der Waals surface area contributed by atoms with E-state index in [9.17, 15) is 22.8 Å². The fraction of sp³-hybridized carbons (Fsp3) is 0.190. The molecule has 0 aliphatic rings. The Kier molecular flexibility index (Phi) is 6.37. The number of halogens is 3. The number of Topliss-reactive ketones (excluding diaryl/α,β-unsaturated/α-hetero) is 1. The summed E-state index contributed by atoms with van der Waals surface area (Å²) in [6.07, 6.45) is -3.42. The Morgan fingerprint density at radius 1 is 1.12 bits per heavy atom. The molecule has 11 heteroatoms. The van der Waals surface area contributed by atoms with Crippen LogP contribution in [-0.2, 0) is 11.0 Å². The smallest absolute Gasteiger partial charge is 0.421 e. The summed E-state index contributed by atoms with van der Waals surface area (Å²) in [5.41, 5.74) is 4.82. The molecule has 0 saturated heterocycles. The van der Waals surface area contributed by atoms with Crippen LogP contribution in [-0.4, -0.2) is 32.7 Å². The lowest BCUT2D eigenvalue weighted by molar-refractivity contribution is -0.138. The number of rotatable bonds is 7. The monoisotopic (exact) mass is 445 g/mol. The number of hydrogen-bond donors (Lipinski definition) is 2. The van der Waals surface area contributed by atoms with Crippen LogP contribution in [0.2, 0.25) is 0 Å². The van der Waals surface area contributed by atoms with Gasteiger partial charge in [-0.15, -0.1) is 0 Å². The van der Waals surface area contributed by atoms with Crippen molar-refractivity contribution in [2.45, 2.75) is 26.1 Å². The van der Waals surface area contributed by atoms with Crippen molar-refractivity contribution >= 4 is 17.5 Å². The van der Waals surface area contributed by atoms with Gasteiger partial charge in [0.05, 0.1) is 0 Å². The lowest BCUT2D eigenvalue weighted by atomic mass is 10.2. The van der Waals surface area contributed by atoms with Gasteiger partial charge in [0.1, 0.15) is 28.9 Å². The number of benzene rings is 1. The number of ether oxygens (including phenoxy) is 1. The Balaban J connectivity index is 1.90. The molecule has 1 atom stereocenters. The summed E-state index contributed by atoms with van der Waals surface area (Å²) >= 11 is 0. The zero-order valence-corrected chi connectivity index (χ0v) is 17.0. The molecule has 0 aliphatic heterocycles. The predicted octanol–water partition coefficient (Wildman–Crippen LogP) is 3.84. The lowest BCUT2D eigenvalue weighted by Gasteiger charge is -2.13. The summed E-state index contributed by atoms with van der Waals surface area (Å²) < 4.78 is 44.7. The average molecular weight is 445 g/mol. The predicted molar refractivity (Wildman–Crippen MR) is 109 cm³/mol. The van der Waals surface area contributed by atoms with E-state index in [1.807, 2.05) is 0 Å². The van der Waals surface area contributed by atoms with Crippen molar-refractivity contribution in [2.75, 3.05) is 5.32 Å². The second-order valence-corrected chi connectivity index (χ2v) is 6.77. The van der Waals surface area contributed by atoms with E-state index in [2.05, 4.69) is 20.3 Å². The molecule has 0 saturated carbocycles. The molecule has 0 fully saturated rings. The Labute approximate surface area is 180 Å². The van der Waals surface area contributed by atoms with Gasteiger partial charge < -0.3 is 15.8 Å². The Morgan fingerprint density at radius 2 is 1.81 bits per heavy atom. The van der Waals surface area contributed by atoms with Crippen LogP contribution in [0.5, 0.6) is 11.6 Å². The third-order valence-electron chi connectivity index (χ3n) is 4.28. The molecular weight excluding hydrogens is 427 g/mol. The van der Waals surface area contributed by atoms with E-state index in [1.165, 1.54) is 56.4 Å². The van der Waals surface area contributed by atoms with E-state index >= 15 is 0 Å². The number of anilines is 1. The molecule has 3 rings (SSSR count). The van der Waals surface area contributed by atoms with Crippen molar-refractivity contribution in [3.05, 3.63) is 59.9 Å². The van der Waals surface area contributed by atoms with Gasteiger partial charge in [-0.25, -0.2) is 15.0 Å². The van der Waals surface area contributed by atoms with E-state index in [1.54, 1.807) is 0 Å². The van der Waals surface area contributed by atoms with Crippen LogP contribution in [0.3, 0.4) is 0 Å². The molecule has 0 bridgehead atoms. The fourth-order valence-electron chi connectivity index (χ4n) is 2.60. The molecular formula is C21H18F3N5O3. The Bertz CT molecular complexity index is 1150. The number of ketones is 1. The molecule has 0 radical (unpaired) electrons. The number of hydrogen-bond acceptors (Lipinski definition) is 7. The molecule has 1 aromatic carbocycles. The highest BCUT2D eigenvalue weighted by Crippen LogP contribution is 2.36. The van der Waals surface area contributed by atoms with Crippen molar-refractivity contribution in [3.8, 4) is 23.0 Å². The van der Waals surface area contributed by atoms with E-state index in [0.29, 0.717) is 5.56 Å². The molecule has 0 spiro atoms. The van der Waals surface area contributed by atoms with Gasteiger partial charge in [0, 0.05) is 24.8 Å². The molecule has 2 aromatic heterocycles. The van der Waals surface area contributed by atoms with Gasteiger partial charge in [-0.05, 0) is 43.3 Å². The van der Waals surface area contributed by atoms with Crippen LogP contribution >= 0.6 is 0 Å². The normalized spacial score (nSPS) is 12.2. The third kappa shape index (κ3) is 5.36. The Hall–Kier alpha value is -4.02. The largest absolute Gasteiger partial charge is 0.438 e. The summed E-state index contributed by atoms with van der Waals surface area (Å²) in [6, 6.07) is 8.58. The van der Waals surface area contributed by atoms with Gasteiger partial charge in [0.2, 0.25) is 11.8 Å².